The van der Waals surface area contributed by atoms with Crippen LogP contribution >= 0.6 is 0 Å². The Labute approximate surface area is 192 Å². The van der Waals surface area contributed by atoms with E-state index in [4.69, 9.17) is 9.47 Å². The molecule has 1 atom stereocenters. The average Bonchev–Trinajstić information content (AvgIpc) is 3.15. The van der Waals surface area contributed by atoms with Crippen molar-refractivity contribution in [1.29, 1.82) is 0 Å². The van der Waals surface area contributed by atoms with Crippen LogP contribution in [0.2, 0.25) is 0 Å². The third-order valence-electron chi connectivity index (χ3n) is 4.76. The molecule has 0 fully saturated rings. The van der Waals surface area contributed by atoms with Crippen molar-refractivity contribution < 1.29 is 27.5 Å². The first-order chi connectivity index (χ1) is 15.4. The van der Waals surface area contributed by atoms with Crippen molar-refractivity contribution in [1.82, 2.24) is 14.5 Å². The zero-order valence-electron chi connectivity index (χ0n) is 19.2. The van der Waals surface area contributed by atoms with Crippen LogP contribution in [0.3, 0.4) is 0 Å². The Morgan fingerprint density at radius 1 is 1.12 bits per heavy atom. The van der Waals surface area contributed by atoms with E-state index in [2.05, 4.69) is 10.4 Å². The predicted molar refractivity (Wildman–Crippen MR) is 122 cm³/mol. The lowest BCUT2D eigenvalue weighted by Gasteiger charge is -2.22. The van der Waals surface area contributed by atoms with Crippen LogP contribution < -0.4 is 5.32 Å². The molecule has 1 aromatic heterocycles. The Bertz CT molecular complexity index is 1270. The number of rotatable bonds is 6. The van der Waals surface area contributed by atoms with E-state index in [1.54, 1.807) is 51.1 Å². The number of nitrogens with zero attached hydrogens (tertiary/aromatic N) is 2. The number of methoxy groups -OCH3 is 1. The molecule has 10 heteroatoms. The standard InChI is InChI=1S/C23H27N3O6S/c1-15-6-9-18(10-7-15)33(29,30)26-20-11-8-16(12-17(20)14-24-26)13-19(21(27)31-5)25-22(28)32-23(2,3)4/h6-12,14,19H,13H2,1-5H3,(H,25,28)/t19-/m0/s1. The Morgan fingerprint density at radius 2 is 1.79 bits per heavy atom. The van der Waals surface area contributed by atoms with Gasteiger partial charge in [-0.15, -0.1) is 0 Å². The molecule has 0 unspecified atom stereocenters. The molecular formula is C23H27N3O6S. The number of amides is 1. The number of aryl methyl sites for hydroxylation is 1. The fourth-order valence-corrected chi connectivity index (χ4v) is 4.48. The quantitative estimate of drug-likeness (QED) is 0.547. The number of alkyl carbamates (subject to hydrolysis) is 1. The first kappa shape index (κ1) is 24.2. The smallest absolute Gasteiger partial charge is 0.408 e. The van der Waals surface area contributed by atoms with Crippen LogP contribution in [0.15, 0.2) is 53.6 Å². The number of hydrogen-bond acceptors (Lipinski definition) is 7. The van der Waals surface area contributed by atoms with Crippen LogP contribution in [-0.2, 0) is 30.7 Å². The van der Waals surface area contributed by atoms with Gasteiger partial charge in [0.05, 0.1) is 23.7 Å². The number of benzene rings is 2. The van der Waals surface area contributed by atoms with Gasteiger partial charge in [-0.3, -0.25) is 0 Å². The van der Waals surface area contributed by atoms with E-state index >= 15 is 0 Å². The molecule has 0 aliphatic rings. The molecule has 1 N–H and O–H groups in total. The van der Waals surface area contributed by atoms with Gasteiger partial charge in [0.25, 0.3) is 10.0 Å². The predicted octanol–water partition coefficient (Wildman–Crippen LogP) is 3.19. The highest BCUT2D eigenvalue weighted by molar-refractivity contribution is 7.90. The van der Waals surface area contributed by atoms with E-state index in [-0.39, 0.29) is 11.3 Å². The zero-order valence-corrected chi connectivity index (χ0v) is 20.0. The molecule has 9 nitrogen and oxygen atoms in total. The molecule has 0 saturated heterocycles. The lowest BCUT2D eigenvalue weighted by atomic mass is 10.0. The minimum absolute atomic E-state index is 0.123. The molecule has 0 aliphatic heterocycles. The molecule has 1 heterocycles. The summed E-state index contributed by atoms with van der Waals surface area (Å²) in [6, 6.07) is 10.6. The molecular weight excluding hydrogens is 446 g/mol. The second-order valence-electron chi connectivity index (χ2n) is 8.62. The molecule has 176 valence electrons. The summed E-state index contributed by atoms with van der Waals surface area (Å²) < 4.78 is 37.1. The van der Waals surface area contributed by atoms with Crippen molar-refractivity contribution in [2.24, 2.45) is 0 Å². The summed E-state index contributed by atoms with van der Waals surface area (Å²) in [6.45, 7) is 7.03. The number of ether oxygens (including phenoxy) is 2. The number of aromatic nitrogens is 2. The number of fused-ring (bicyclic) bond motifs is 1. The van der Waals surface area contributed by atoms with E-state index in [0.29, 0.717) is 16.5 Å². The van der Waals surface area contributed by atoms with E-state index in [9.17, 15) is 18.0 Å². The fraction of sp³-hybridized carbons (Fsp3) is 0.348. The van der Waals surface area contributed by atoms with Gasteiger partial charge in [-0.2, -0.15) is 17.6 Å². The summed E-state index contributed by atoms with van der Waals surface area (Å²) in [5, 5.41) is 7.17. The first-order valence-electron chi connectivity index (χ1n) is 10.3. The zero-order chi connectivity index (χ0) is 24.4. The van der Waals surface area contributed by atoms with Crippen LogP contribution in [0, 0.1) is 6.92 Å². The minimum Gasteiger partial charge on any atom is -0.467 e. The van der Waals surface area contributed by atoms with Crippen LogP contribution in [0.1, 0.15) is 31.9 Å². The number of carbonyl (C=O) groups excluding carboxylic acids is 2. The highest BCUT2D eigenvalue weighted by Crippen LogP contribution is 2.22. The molecule has 1 amide bonds. The maximum Gasteiger partial charge on any atom is 0.408 e. The normalized spacial score (nSPS) is 12.9. The van der Waals surface area contributed by atoms with E-state index in [1.807, 2.05) is 6.92 Å². The van der Waals surface area contributed by atoms with Gasteiger partial charge in [0.1, 0.15) is 11.6 Å². The fourth-order valence-electron chi connectivity index (χ4n) is 3.21. The largest absolute Gasteiger partial charge is 0.467 e. The summed E-state index contributed by atoms with van der Waals surface area (Å²) in [4.78, 5) is 24.5. The van der Waals surface area contributed by atoms with Crippen molar-refractivity contribution in [2.75, 3.05) is 7.11 Å². The summed E-state index contributed by atoms with van der Waals surface area (Å²) in [5.41, 5.74) is 1.31. The highest BCUT2D eigenvalue weighted by atomic mass is 32.2. The molecule has 0 saturated carbocycles. The van der Waals surface area contributed by atoms with Gasteiger partial charge >= 0.3 is 12.1 Å². The van der Waals surface area contributed by atoms with Gasteiger partial charge in [-0.05, 0) is 57.5 Å². The van der Waals surface area contributed by atoms with Crippen LogP contribution in [0.4, 0.5) is 4.79 Å². The van der Waals surface area contributed by atoms with Crippen molar-refractivity contribution in [3.63, 3.8) is 0 Å². The maximum atomic E-state index is 13.0. The van der Waals surface area contributed by atoms with Gasteiger partial charge in [-0.25, -0.2) is 9.59 Å². The van der Waals surface area contributed by atoms with Crippen molar-refractivity contribution >= 4 is 33.0 Å². The van der Waals surface area contributed by atoms with Crippen LogP contribution in [-0.4, -0.2) is 48.4 Å². The Hall–Kier alpha value is -3.40. The van der Waals surface area contributed by atoms with Gasteiger partial charge < -0.3 is 14.8 Å². The van der Waals surface area contributed by atoms with Crippen molar-refractivity contribution in [3.05, 3.63) is 59.8 Å². The molecule has 0 bridgehead atoms. The van der Waals surface area contributed by atoms with Crippen molar-refractivity contribution in [2.45, 2.75) is 50.7 Å². The van der Waals surface area contributed by atoms with Gasteiger partial charge in [0.15, 0.2) is 0 Å². The summed E-state index contributed by atoms with van der Waals surface area (Å²) in [5.74, 6) is -0.626. The van der Waals surface area contributed by atoms with E-state index < -0.39 is 33.7 Å². The number of nitrogens with one attached hydrogen (secondary N) is 1. The van der Waals surface area contributed by atoms with Gasteiger partial charge in [0, 0.05) is 11.8 Å². The Balaban J connectivity index is 1.87. The third-order valence-corrected chi connectivity index (χ3v) is 6.38. The lowest BCUT2D eigenvalue weighted by Crippen LogP contribution is -2.45. The maximum absolute atomic E-state index is 13.0. The van der Waals surface area contributed by atoms with Gasteiger partial charge in [-0.1, -0.05) is 23.8 Å². The minimum atomic E-state index is -3.87. The highest BCUT2D eigenvalue weighted by Gasteiger charge is 2.26. The topological polar surface area (TPSA) is 117 Å². The van der Waals surface area contributed by atoms with Crippen LogP contribution in [0.25, 0.3) is 10.9 Å². The molecule has 33 heavy (non-hydrogen) atoms. The Kier molecular flexibility index (Phi) is 6.78. The summed E-state index contributed by atoms with van der Waals surface area (Å²) >= 11 is 0. The monoisotopic (exact) mass is 473 g/mol. The number of carbonyl (C=O) groups is 2. The van der Waals surface area contributed by atoms with E-state index in [1.165, 1.54) is 25.4 Å². The average molecular weight is 474 g/mol. The molecule has 0 radical (unpaired) electrons. The summed E-state index contributed by atoms with van der Waals surface area (Å²) in [7, 11) is -2.64. The molecule has 0 aliphatic carbocycles. The molecule has 0 spiro atoms. The lowest BCUT2D eigenvalue weighted by molar-refractivity contribution is -0.143. The summed E-state index contributed by atoms with van der Waals surface area (Å²) in [6.07, 6.45) is 0.826. The van der Waals surface area contributed by atoms with Crippen molar-refractivity contribution in [3.8, 4) is 0 Å². The number of esters is 1. The first-order valence-corrected chi connectivity index (χ1v) is 11.7. The SMILES string of the molecule is COC(=O)[C@H](Cc1ccc2c(cnn2S(=O)(=O)c2ccc(C)cc2)c1)NC(=O)OC(C)(C)C. The second kappa shape index (κ2) is 9.22. The molecule has 2 aromatic carbocycles. The van der Waals surface area contributed by atoms with Gasteiger partial charge in [0.2, 0.25) is 0 Å². The third kappa shape index (κ3) is 5.70. The number of hydrogen-bond donors (Lipinski definition) is 1. The molecule has 3 aromatic rings. The second-order valence-corrected chi connectivity index (χ2v) is 10.4. The van der Waals surface area contributed by atoms with Crippen LogP contribution in [0.5, 0.6) is 0 Å². The van der Waals surface area contributed by atoms with E-state index in [0.717, 1.165) is 9.65 Å². The molecule has 3 rings (SSSR count). The Morgan fingerprint density at radius 3 is 2.39 bits per heavy atom.